The summed E-state index contributed by atoms with van der Waals surface area (Å²) in [6.07, 6.45) is 5.40. The van der Waals surface area contributed by atoms with Crippen LogP contribution < -0.4 is 16.2 Å². The summed E-state index contributed by atoms with van der Waals surface area (Å²) in [7, 11) is 0. The number of anilines is 2. The van der Waals surface area contributed by atoms with E-state index in [4.69, 9.17) is 15.6 Å². The molecule has 0 saturated carbocycles. The predicted molar refractivity (Wildman–Crippen MR) is 128 cm³/mol. The second-order valence-electron chi connectivity index (χ2n) is 9.33. The molecule has 2 fully saturated rings. The molecule has 0 radical (unpaired) electrons. The zero-order chi connectivity index (χ0) is 24.2. The molecule has 182 valence electrons. The molecule has 2 bridgehead atoms. The number of hydrogen-bond donors (Lipinski definition) is 2. The van der Waals surface area contributed by atoms with Gasteiger partial charge in [0.15, 0.2) is 0 Å². The third-order valence-corrected chi connectivity index (χ3v) is 6.91. The van der Waals surface area contributed by atoms with Crippen LogP contribution in [0.2, 0.25) is 0 Å². The number of pyridine rings is 1. The molecule has 2 aromatic rings. The Kier molecular flexibility index (Phi) is 7.14. The molecule has 3 aliphatic rings. The summed E-state index contributed by atoms with van der Waals surface area (Å²) >= 11 is 0. The van der Waals surface area contributed by atoms with Crippen LogP contribution in [-0.2, 0) is 11.3 Å². The fraction of sp³-hybridized carbons (Fsp3) is 0.542. The van der Waals surface area contributed by atoms with E-state index in [2.05, 4.69) is 14.9 Å². The molecule has 0 aromatic carbocycles. The van der Waals surface area contributed by atoms with Gasteiger partial charge in [0.2, 0.25) is 5.95 Å². The van der Waals surface area contributed by atoms with Crippen LogP contribution in [0.25, 0.3) is 0 Å². The lowest BCUT2D eigenvalue weighted by molar-refractivity contribution is -0.122. The number of nitrogens with zero attached hydrogens (tertiary/aromatic N) is 5. The molecular formula is C24H32N6O4. The highest BCUT2D eigenvalue weighted by Gasteiger charge is 2.36. The van der Waals surface area contributed by atoms with Gasteiger partial charge in [0.25, 0.3) is 17.9 Å². The Hall–Kier alpha value is -3.43. The molecule has 5 heterocycles. The summed E-state index contributed by atoms with van der Waals surface area (Å²) in [5.74, 6) is 1.61. The van der Waals surface area contributed by atoms with E-state index in [1.165, 1.54) is 0 Å². The number of piperidine rings is 1. The highest BCUT2D eigenvalue weighted by molar-refractivity contribution is 5.94. The predicted octanol–water partition coefficient (Wildman–Crippen LogP) is 1.87. The van der Waals surface area contributed by atoms with E-state index >= 15 is 0 Å². The first-order valence-electron chi connectivity index (χ1n) is 11.9. The fourth-order valence-electron chi connectivity index (χ4n) is 5.48. The fourth-order valence-corrected chi connectivity index (χ4v) is 5.48. The van der Waals surface area contributed by atoms with Gasteiger partial charge in [0.1, 0.15) is 11.4 Å². The van der Waals surface area contributed by atoms with Gasteiger partial charge >= 0.3 is 0 Å². The Morgan fingerprint density at radius 3 is 2.50 bits per heavy atom. The number of aromatic nitrogens is 3. The van der Waals surface area contributed by atoms with E-state index in [1.54, 1.807) is 6.07 Å². The Labute approximate surface area is 198 Å². The molecule has 3 aliphatic heterocycles. The number of nitrogen functional groups attached to an aromatic ring is 1. The summed E-state index contributed by atoms with van der Waals surface area (Å²) in [6.45, 7) is 5.42. The summed E-state index contributed by atoms with van der Waals surface area (Å²) < 4.78 is 1.86. The van der Waals surface area contributed by atoms with E-state index in [9.17, 15) is 9.59 Å². The molecule has 10 nitrogen and oxygen atoms in total. The van der Waals surface area contributed by atoms with Crippen LogP contribution >= 0.6 is 0 Å². The second-order valence-corrected chi connectivity index (χ2v) is 9.33. The highest BCUT2D eigenvalue weighted by Crippen LogP contribution is 2.36. The highest BCUT2D eigenvalue weighted by atomic mass is 16.3. The first-order chi connectivity index (χ1) is 16.4. The van der Waals surface area contributed by atoms with E-state index < -0.39 is 0 Å². The molecular weight excluding hydrogens is 436 g/mol. The molecule has 10 heteroatoms. The number of likely N-dealkylation sites (tertiary alicyclic amines) is 1. The normalized spacial score (nSPS) is 21.6. The average molecular weight is 469 g/mol. The van der Waals surface area contributed by atoms with Crippen LogP contribution in [0.4, 0.5) is 11.8 Å². The maximum atomic E-state index is 13.3. The Morgan fingerprint density at radius 1 is 1.12 bits per heavy atom. The first kappa shape index (κ1) is 23.7. The van der Waals surface area contributed by atoms with Gasteiger partial charge in [-0.1, -0.05) is 12.8 Å². The zero-order valence-electron chi connectivity index (χ0n) is 19.5. The van der Waals surface area contributed by atoms with Gasteiger partial charge in [-0.15, -0.1) is 0 Å². The summed E-state index contributed by atoms with van der Waals surface area (Å²) in [5.41, 5.74) is 7.94. The van der Waals surface area contributed by atoms with Gasteiger partial charge in [-0.05, 0) is 44.2 Å². The van der Waals surface area contributed by atoms with Gasteiger partial charge in [0, 0.05) is 56.1 Å². The average Bonchev–Trinajstić information content (AvgIpc) is 3.09. The minimum Gasteiger partial charge on any atom is -0.483 e. The number of nitrogens with two attached hydrogens (primary N) is 1. The van der Waals surface area contributed by atoms with Crippen molar-refractivity contribution in [3.05, 3.63) is 45.5 Å². The van der Waals surface area contributed by atoms with Gasteiger partial charge in [-0.25, -0.2) is 4.98 Å². The number of rotatable bonds is 2. The maximum absolute atomic E-state index is 13.3. The lowest BCUT2D eigenvalue weighted by Gasteiger charge is -2.43. The first-order valence-corrected chi connectivity index (χ1v) is 11.9. The monoisotopic (exact) mass is 468 g/mol. The zero-order valence-corrected chi connectivity index (χ0v) is 19.5. The van der Waals surface area contributed by atoms with Gasteiger partial charge in [0.05, 0.1) is 0 Å². The van der Waals surface area contributed by atoms with Crippen LogP contribution in [0.1, 0.15) is 59.8 Å². The summed E-state index contributed by atoms with van der Waals surface area (Å²) in [5, 5.41) is 6.89. The number of amides is 1. The Bertz CT molecular complexity index is 1090. The van der Waals surface area contributed by atoms with Crippen molar-refractivity contribution < 1.29 is 14.7 Å². The standard InChI is InChI=1S/C23H30N6O2.CH2O2/c1-15-10-20(26-23(24)25-15)28-12-16-11-17(14-28)19-7-6-18(22(31)29(19)13-16)21(30)27-8-4-2-3-5-9-27;2-1-3/h6-7,10,16-17H,2-5,8-9,11-14H2,1H3,(H2,24,25,26);1H,(H,2,3)/t16-,17+;/m0./s1. The van der Waals surface area contributed by atoms with Crippen molar-refractivity contribution in [2.45, 2.75) is 51.5 Å². The molecule has 0 aliphatic carbocycles. The Balaban J connectivity index is 0.000000868. The molecule has 0 spiro atoms. The van der Waals surface area contributed by atoms with E-state index in [-0.39, 0.29) is 23.9 Å². The smallest absolute Gasteiger partial charge is 0.290 e. The van der Waals surface area contributed by atoms with Gasteiger partial charge in [-0.2, -0.15) is 4.98 Å². The SMILES string of the molecule is Cc1cc(N2C[C@@H]3C[C@H](C2)c2ccc(C(=O)N4CCCCCC4)c(=O)n2C3)nc(N)n1.O=CO. The minimum absolute atomic E-state index is 0.105. The number of hydrogen-bond acceptors (Lipinski definition) is 7. The van der Waals surface area contributed by atoms with Crippen LogP contribution in [0, 0.1) is 12.8 Å². The van der Waals surface area contributed by atoms with Crippen molar-refractivity contribution in [1.29, 1.82) is 0 Å². The van der Waals surface area contributed by atoms with Gasteiger partial charge < -0.3 is 25.2 Å². The van der Waals surface area contributed by atoms with Gasteiger partial charge in [-0.3, -0.25) is 14.4 Å². The van der Waals surface area contributed by atoms with Crippen molar-refractivity contribution in [3.8, 4) is 0 Å². The number of carbonyl (C=O) groups is 2. The molecule has 5 rings (SSSR count). The second kappa shape index (κ2) is 10.2. The quantitative estimate of drug-likeness (QED) is 0.638. The molecule has 2 atom stereocenters. The van der Waals surface area contributed by atoms with Crippen LogP contribution in [-0.4, -0.2) is 63.1 Å². The number of carbonyl (C=O) groups excluding carboxylic acids is 1. The topological polar surface area (TPSA) is 135 Å². The van der Waals surface area contributed by atoms with Crippen LogP contribution in [0.5, 0.6) is 0 Å². The van der Waals surface area contributed by atoms with E-state index in [1.807, 2.05) is 28.5 Å². The summed E-state index contributed by atoms with van der Waals surface area (Å²) in [4.78, 5) is 47.5. The molecule has 2 saturated heterocycles. The van der Waals surface area contributed by atoms with Crippen molar-refractivity contribution in [2.75, 3.05) is 36.8 Å². The lowest BCUT2D eigenvalue weighted by atomic mass is 9.83. The largest absolute Gasteiger partial charge is 0.483 e. The lowest BCUT2D eigenvalue weighted by Crippen LogP contribution is -2.48. The van der Waals surface area contributed by atoms with Crippen molar-refractivity contribution in [2.24, 2.45) is 5.92 Å². The van der Waals surface area contributed by atoms with Crippen LogP contribution in [0.15, 0.2) is 23.0 Å². The third-order valence-electron chi connectivity index (χ3n) is 6.91. The molecule has 3 N–H and O–H groups in total. The Morgan fingerprint density at radius 2 is 1.82 bits per heavy atom. The van der Waals surface area contributed by atoms with Crippen molar-refractivity contribution in [1.82, 2.24) is 19.4 Å². The third kappa shape index (κ3) is 4.90. The molecule has 34 heavy (non-hydrogen) atoms. The minimum atomic E-state index is -0.250. The van der Waals surface area contributed by atoms with E-state index in [0.29, 0.717) is 24.0 Å². The maximum Gasteiger partial charge on any atom is 0.290 e. The van der Waals surface area contributed by atoms with Crippen molar-refractivity contribution >= 4 is 24.1 Å². The van der Waals surface area contributed by atoms with E-state index in [0.717, 1.165) is 75.5 Å². The number of fused-ring (bicyclic) bond motifs is 4. The molecule has 1 amide bonds. The molecule has 0 unspecified atom stereocenters. The van der Waals surface area contributed by atoms with Crippen LogP contribution in [0.3, 0.4) is 0 Å². The number of aryl methyl sites for hydroxylation is 1. The summed E-state index contributed by atoms with van der Waals surface area (Å²) in [6, 6.07) is 5.72. The number of carboxylic acid groups (broad SMARTS) is 1. The molecule has 2 aromatic heterocycles. The van der Waals surface area contributed by atoms with Crippen molar-refractivity contribution in [3.63, 3.8) is 0 Å².